The predicted octanol–water partition coefficient (Wildman–Crippen LogP) is 3.22. The second kappa shape index (κ2) is 7.36. The van der Waals surface area contributed by atoms with Crippen molar-refractivity contribution in [3.63, 3.8) is 0 Å². The molecule has 0 unspecified atom stereocenters. The number of carboxylic acids is 1. The molecule has 164 valence electrons. The minimum absolute atomic E-state index is 0.0125. The van der Waals surface area contributed by atoms with Crippen molar-refractivity contribution in [2.75, 3.05) is 6.61 Å². The summed E-state index contributed by atoms with van der Waals surface area (Å²) >= 11 is 0. The number of hydrogen-bond donors (Lipinski definition) is 0. The molecular weight excluding hydrogens is 396 g/mol. The number of benzene rings is 1. The van der Waals surface area contributed by atoms with Crippen molar-refractivity contribution in [1.82, 2.24) is 0 Å². The van der Waals surface area contributed by atoms with Crippen LogP contribution in [-0.4, -0.2) is 24.1 Å². The van der Waals surface area contributed by atoms with E-state index in [0.29, 0.717) is 54.1 Å². The second-order valence-electron chi connectivity index (χ2n) is 10.3. The van der Waals surface area contributed by atoms with E-state index in [1.165, 1.54) is 0 Å². The van der Waals surface area contributed by atoms with E-state index < -0.39 is 18.5 Å². The van der Waals surface area contributed by atoms with Crippen LogP contribution in [0.3, 0.4) is 0 Å². The lowest BCUT2D eigenvalue weighted by molar-refractivity contribution is -0.307. The summed E-state index contributed by atoms with van der Waals surface area (Å²) in [5.74, 6) is -0.223. The second-order valence-corrected chi connectivity index (χ2v) is 10.3. The molecule has 0 saturated heterocycles. The van der Waals surface area contributed by atoms with Gasteiger partial charge in [0.05, 0.1) is 5.97 Å². The van der Waals surface area contributed by atoms with Crippen molar-refractivity contribution >= 4 is 17.5 Å². The van der Waals surface area contributed by atoms with Gasteiger partial charge in [0.15, 0.2) is 11.6 Å². The molecule has 1 aromatic rings. The average molecular weight is 423 g/mol. The molecule has 3 aliphatic rings. The quantitative estimate of drug-likeness (QED) is 0.738. The standard InChI is InChI=1S/C25H28O6/c1-24(2)9-16(26)22-18(11-24)31-19-12-25(3,4)10-17(27)23(19)21(22)14-6-5-7-15(8-14)30-13-20(28)29/h5-8,21H,9-13H2,1-4H3,(H,28,29)/p-1. The zero-order valence-corrected chi connectivity index (χ0v) is 18.4. The van der Waals surface area contributed by atoms with Gasteiger partial charge in [-0.15, -0.1) is 0 Å². The first-order valence-corrected chi connectivity index (χ1v) is 10.6. The number of Topliss-reactive ketones (excluding diaryl/α,β-unsaturated/α-hetero) is 2. The molecule has 31 heavy (non-hydrogen) atoms. The Morgan fingerprint density at radius 3 is 2.06 bits per heavy atom. The summed E-state index contributed by atoms with van der Waals surface area (Å²) in [5, 5.41) is 10.8. The van der Waals surface area contributed by atoms with Crippen molar-refractivity contribution in [3.05, 3.63) is 52.5 Å². The van der Waals surface area contributed by atoms with Crippen LogP contribution in [0.5, 0.6) is 5.75 Å². The van der Waals surface area contributed by atoms with Crippen LogP contribution in [0.1, 0.15) is 64.9 Å². The van der Waals surface area contributed by atoms with Gasteiger partial charge in [-0.1, -0.05) is 39.8 Å². The minimum atomic E-state index is -1.32. The van der Waals surface area contributed by atoms with E-state index in [4.69, 9.17) is 9.47 Å². The van der Waals surface area contributed by atoms with Crippen molar-refractivity contribution in [1.29, 1.82) is 0 Å². The van der Waals surface area contributed by atoms with Gasteiger partial charge in [0, 0.05) is 42.7 Å². The molecule has 6 nitrogen and oxygen atoms in total. The van der Waals surface area contributed by atoms with Gasteiger partial charge in [-0.25, -0.2) is 0 Å². The summed E-state index contributed by atoms with van der Waals surface area (Å²) in [6.45, 7) is 7.60. The zero-order chi connectivity index (χ0) is 22.6. The Balaban J connectivity index is 1.84. The smallest absolute Gasteiger partial charge is 0.163 e. The van der Waals surface area contributed by atoms with Crippen LogP contribution >= 0.6 is 0 Å². The van der Waals surface area contributed by atoms with E-state index in [1.54, 1.807) is 18.2 Å². The number of allylic oxidation sites excluding steroid dienone is 4. The van der Waals surface area contributed by atoms with Crippen LogP contribution in [0.15, 0.2) is 46.9 Å². The van der Waals surface area contributed by atoms with Crippen LogP contribution < -0.4 is 9.84 Å². The lowest BCUT2D eigenvalue weighted by atomic mass is 9.65. The van der Waals surface area contributed by atoms with Crippen molar-refractivity contribution in [3.8, 4) is 5.75 Å². The maximum Gasteiger partial charge on any atom is 0.163 e. The van der Waals surface area contributed by atoms with Crippen LogP contribution in [-0.2, 0) is 19.1 Å². The molecule has 0 amide bonds. The van der Waals surface area contributed by atoms with E-state index in [0.717, 1.165) is 5.56 Å². The molecule has 0 N–H and O–H groups in total. The van der Waals surface area contributed by atoms with E-state index in [2.05, 4.69) is 0 Å². The summed E-state index contributed by atoms with van der Waals surface area (Å²) in [7, 11) is 0. The Morgan fingerprint density at radius 1 is 1.00 bits per heavy atom. The summed E-state index contributed by atoms with van der Waals surface area (Å²) in [6.07, 6.45) is 2.01. The molecular formula is C25H27O6-. The molecule has 4 rings (SSSR count). The van der Waals surface area contributed by atoms with Gasteiger partial charge in [-0.2, -0.15) is 0 Å². The Hall–Kier alpha value is -2.89. The summed E-state index contributed by atoms with van der Waals surface area (Å²) in [4.78, 5) is 37.3. The fourth-order valence-corrected chi connectivity index (χ4v) is 4.93. The number of ketones is 2. The number of carbonyl (C=O) groups is 3. The number of carboxylic acid groups (broad SMARTS) is 1. The highest BCUT2D eigenvalue weighted by atomic mass is 16.5. The third-order valence-corrected chi connectivity index (χ3v) is 6.13. The third-order valence-electron chi connectivity index (χ3n) is 6.13. The summed E-state index contributed by atoms with van der Waals surface area (Å²) in [6, 6.07) is 6.93. The molecule has 0 atom stereocenters. The highest BCUT2D eigenvalue weighted by Gasteiger charge is 2.47. The van der Waals surface area contributed by atoms with Gasteiger partial charge >= 0.3 is 0 Å². The average Bonchev–Trinajstić information content (AvgIpc) is 2.63. The molecule has 0 fully saturated rings. The van der Waals surface area contributed by atoms with E-state index in [-0.39, 0.29) is 22.4 Å². The highest BCUT2D eigenvalue weighted by Crippen LogP contribution is 2.53. The van der Waals surface area contributed by atoms with Crippen LogP contribution in [0.25, 0.3) is 0 Å². The van der Waals surface area contributed by atoms with Crippen LogP contribution in [0.2, 0.25) is 0 Å². The van der Waals surface area contributed by atoms with Gasteiger partial charge in [0.1, 0.15) is 23.9 Å². The molecule has 2 aliphatic carbocycles. The Kier molecular flexibility index (Phi) is 5.07. The van der Waals surface area contributed by atoms with Crippen LogP contribution in [0.4, 0.5) is 0 Å². The molecule has 0 aromatic heterocycles. The maximum atomic E-state index is 13.2. The van der Waals surface area contributed by atoms with Crippen molar-refractivity contribution in [2.24, 2.45) is 10.8 Å². The molecule has 0 radical (unpaired) electrons. The predicted molar refractivity (Wildman–Crippen MR) is 111 cm³/mol. The minimum Gasteiger partial charge on any atom is -0.546 e. The Labute approximate surface area is 181 Å². The lowest BCUT2D eigenvalue weighted by Crippen LogP contribution is -2.37. The fraction of sp³-hybridized carbons (Fsp3) is 0.480. The normalized spacial score (nSPS) is 22.6. The van der Waals surface area contributed by atoms with Gasteiger partial charge < -0.3 is 19.4 Å². The SMILES string of the molecule is CC1(C)CC(=O)C2=C(C1)OC1=C(C(=O)CC(C)(C)C1)C2c1cccc(OCC(=O)[O-])c1. The molecule has 6 heteroatoms. The first-order chi connectivity index (χ1) is 14.5. The van der Waals surface area contributed by atoms with Crippen LogP contribution in [0, 0.1) is 10.8 Å². The number of hydrogen-bond acceptors (Lipinski definition) is 6. The first-order valence-electron chi connectivity index (χ1n) is 10.6. The van der Waals surface area contributed by atoms with Gasteiger partial charge in [0.2, 0.25) is 0 Å². The van der Waals surface area contributed by atoms with Crippen molar-refractivity contribution < 1.29 is 29.0 Å². The molecule has 1 aromatic carbocycles. The van der Waals surface area contributed by atoms with Gasteiger partial charge in [0.25, 0.3) is 0 Å². The molecule has 0 bridgehead atoms. The first kappa shape index (κ1) is 21.3. The monoisotopic (exact) mass is 423 g/mol. The third kappa shape index (κ3) is 4.16. The largest absolute Gasteiger partial charge is 0.546 e. The molecule has 1 heterocycles. The topological polar surface area (TPSA) is 92.7 Å². The Bertz CT molecular complexity index is 988. The fourth-order valence-electron chi connectivity index (χ4n) is 4.93. The van der Waals surface area contributed by atoms with E-state index in [1.807, 2.05) is 33.8 Å². The maximum absolute atomic E-state index is 13.2. The van der Waals surface area contributed by atoms with E-state index >= 15 is 0 Å². The number of rotatable bonds is 4. The highest BCUT2D eigenvalue weighted by molar-refractivity contribution is 6.06. The summed E-state index contributed by atoms with van der Waals surface area (Å²) < 4.78 is 11.6. The van der Waals surface area contributed by atoms with Gasteiger partial charge in [-0.3, -0.25) is 9.59 Å². The molecule has 1 aliphatic heterocycles. The zero-order valence-electron chi connectivity index (χ0n) is 18.4. The number of carbonyl (C=O) groups excluding carboxylic acids is 3. The molecule has 0 spiro atoms. The number of aliphatic carboxylic acids is 1. The molecule has 0 saturated carbocycles. The summed E-state index contributed by atoms with van der Waals surface area (Å²) in [5.41, 5.74) is 1.38. The Morgan fingerprint density at radius 2 is 1.55 bits per heavy atom. The lowest BCUT2D eigenvalue weighted by Gasteiger charge is -2.42. The van der Waals surface area contributed by atoms with Crippen molar-refractivity contribution in [2.45, 2.75) is 59.3 Å². The van der Waals surface area contributed by atoms with Gasteiger partial charge in [-0.05, 0) is 28.5 Å². The number of ether oxygens (including phenoxy) is 2. The van der Waals surface area contributed by atoms with E-state index in [9.17, 15) is 19.5 Å².